The molecule has 4 nitrogen and oxygen atoms in total. The number of allylic oxidation sites excluding steroid dienone is 2. The Morgan fingerprint density at radius 2 is 1.58 bits per heavy atom. The van der Waals surface area contributed by atoms with Gasteiger partial charge in [-0.15, -0.1) is 0 Å². The maximum atomic E-state index is 12.1. The van der Waals surface area contributed by atoms with Crippen molar-refractivity contribution in [3.05, 3.63) is 70.8 Å². The van der Waals surface area contributed by atoms with Crippen LogP contribution in [0.15, 0.2) is 59.7 Å². The van der Waals surface area contributed by atoms with Crippen LogP contribution < -0.4 is 11.9 Å². The van der Waals surface area contributed by atoms with Crippen LogP contribution in [-0.4, -0.2) is 20.0 Å². The first kappa shape index (κ1) is 20.1. The molecular formula is C17H21F3N2O2. The van der Waals surface area contributed by atoms with Crippen LogP contribution in [0, 0.1) is 0 Å². The first-order valence-electron chi connectivity index (χ1n) is 6.95. The SMILES string of the molecule is COC1(OC)C2=CC=C1C=C2.N.NCc1cccc(C(F)(F)F)c1. The average molecular weight is 342 g/mol. The predicted molar refractivity (Wildman–Crippen MR) is 86.4 cm³/mol. The Morgan fingerprint density at radius 1 is 1.04 bits per heavy atom. The lowest BCUT2D eigenvalue weighted by Gasteiger charge is -2.26. The third-order valence-electron chi connectivity index (χ3n) is 3.71. The smallest absolute Gasteiger partial charge is 0.346 e. The van der Waals surface area contributed by atoms with Crippen molar-refractivity contribution in [1.29, 1.82) is 0 Å². The molecular weight excluding hydrogens is 321 g/mol. The Balaban J connectivity index is 0.000000231. The Bertz CT molecular complexity index is 636. The Labute approximate surface area is 139 Å². The molecule has 0 spiro atoms. The van der Waals surface area contributed by atoms with Crippen molar-refractivity contribution in [3.8, 4) is 0 Å². The number of hydrogen-bond acceptors (Lipinski definition) is 4. The highest BCUT2D eigenvalue weighted by molar-refractivity contribution is 5.58. The zero-order chi connectivity index (χ0) is 17.1. The van der Waals surface area contributed by atoms with E-state index in [1.165, 1.54) is 6.07 Å². The summed E-state index contributed by atoms with van der Waals surface area (Å²) >= 11 is 0. The van der Waals surface area contributed by atoms with Crippen molar-refractivity contribution in [2.45, 2.75) is 18.5 Å². The van der Waals surface area contributed by atoms with Crippen molar-refractivity contribution in [3.63, 3.8) is 0 Å². The molecule has 0 atom stereocenters. The van der Waals surface area contributed by atoms with Crippen LogP contribution in [0.25, 0.3) is 0 Å². The van der Waals surface area contributed by atoms with E-state index in [0.717, 1.165) is 23.3 Å². The summed E-state index contributed by atoms with van der Waals surface area (Å²) in [5.74, 6) is -0.583. The van der Waals surface area contributed by atoms with Gasteiger partial charge < -0.3 is 21.4 Å². The van der Waals surface area contributed by atoms with Gasteiger partial charge >= 0.3 is 6.18 Å². The number of fused-ring (bicyclic) bond motifs is 2. The molecule has 132 valence electrons. The Kier molecular flexibility index (Phi) is 6.50. The van der Waals surface area contributed by atoms with Crippen LogP contribution in [0.2, 0.25) is 0 Å². The van der Waals surface area contributed by atoms with E-state index in [9.17, 15) is 13.2 Å². The van der Waals surface area contributed by atoms with Crippen molar-refractivity contribution >= 4 is 0 Å². The van der Waals surface area contributed by atoms with Gasteiger partial charge in [0.25, 0.3) is 0 Å². The summed E-state index contributed by atoms with van der Waals surface area (Å²) < 4.78 is 46.8. The fourth-order valence-electron chi connectivity index (χ4n) is 2.51. The third kappa shape index (κ3) is 3.76. The van der Waals surface area contributed by atoms with Crippen molar-refractivity contribution in [2.75, 3.05) is 14.2 Å². The molecule has 0 amide bonds. The highest BCUT2D eigenvalue weighted by Gasteiger charge is 2.42. The highest BCUT2D eigenvalue weighted by atomic mass is 19.4. The Morgan fingerprint density at radius 3 is 1.92 bits per heavy atom. The minimum Gasteiger partial charge on any atom is -0.346 e. The second-order valence-corrected chi connectivity index (χ2v) is 5.00. The van der Waals surface area contributed by atoms with E-state index in [1.807, 2.05) is 24.3 Å². The maximum absolute atomic E-state index is 12.1. The molecule has 5 N–H and O–H groups in total. The molecule has 0 heterocycles. The number of benzene rings is 1. The number of halogens is 3. The summed E-state index contributed by atoms with van der Waals surface area (Å²) in [7, 11) is 3.31. The fraction of sp³-hybridized carbons (Fsp3) is 0.294. The summed E-state index contributed by atoms with van der Waals surface area (Å²) in [6, 6.07) is 5.00. The van der Waals surface area contributed by atoms with Crippen LogP contribution in [-0.2, 0) is 22.2 Å². The van der Waals surface area contributed by atoms with Gasteiger partial charge in [-0.3, -0.25) is 0 Å². The molecule has 2 aliphatic carbocycles. The molecule has 0 unspecified atom stereocenters. The van der Waals surface area contributed by atoms with Gasteiger partial charge in [0.2, 0.25) is 5.79 Å². The quantitative estimate of drug-likeness (QED) is 0.820. The van der Waals surface area contributed by atoms with Gasteiger partial charge in [0, 0.05) is 31.9 Å². The monoisotopic (exact) mass is 342 g/mol. The summed E-state index contributed by atoms with van der Waals surface area (Å²) in [5, 5.41) is 0. The molecule has 0 aliphatic heterocycles. The predicted octanol–water partition coefficient (Wildman–Crippen LogP) is 3.74. The summed E-state index contributed by atoms with van der Waals surface area (Å²) in [6.45, 7) is 0.129. The van der Waals surface area contributed by atoms with E-state index in [2.05, 4.69) is 0 Å². The van der Waals surface area contributed by atoms with Crippen molar-refractivity contribution < 1.29 is 22.6 Å². The molecule has 0 fully saturated rings. The number of rotatable bonds is 3. The van der Waals surface area contributed by atoms with Crippen LogP contribution >= 0.6 is 0 Å². The van der Waals surface area contributed by atoms with Crippen molar-refractivity contribution in [1.82, 2.24) is 6.15 Å². The number of alkyl halides is 3. The van der Waals surface area contributed by atoms with E-state index >= 15 is 0 Å². The van der Waals surface area contributed by atoms with Crippen LogP contribution in [0.4, 0.5) is 13.2 Å². The maximum Gasteiger partial charge on any atom is 0.416 e. The van der Waals surface area contributed by atoms with Gasteiger partial charge in [0.15, 0.2) is 0 Å². The minimum atomic E-state index is -4.27. The van der Waals surface area contributed by atoms with Crippen molar-refractivity contribution in [2.24, 2.45) is 5.73 Å². The second-order valence-electron chi connectivity index (χ2n) is 5.00. The van der Waals surface area contributed by atoms with E-state index in [4.69, 9.17) is 15.2 Å². The van der Waals surface area contributed by atoms with Crippen LogP contribution in [0.3, 0.4) is 0 Å². The third-order valence-corrected chi connectivity index (χ3v) is 3.71. The molecule has 24 heavy (non-hydrogen) atoms. The highest BCUT2D eigenvalue weighted by Crippen LogP contribution is 2.41. The van der Waals surface area contributed by atoms with Gasteiger partial charge in [0.05, 0.1) is 5.56 Å². The summed E-state index contributed by atoms with van der Waals surface area (Å²) in [6.07, 6.45) is 3.79. The minimum absolute atomic E-state index is 0. The van der Waals surface area contributed by atoms with Gasteiger partial charge in [-0.1, -0.05) is 42.5 Å². The molecule has 1 aromatic rings. The molecule has 3 rings (SSSR count). The molecule has 0 radical (unpaired) electrons. The summed E-state index contributed by atoms with van der Waals surface area (Å²) in [5.41, 5.74) is 7.20. The summed E-state index contributed by atoms with van der Waals surface area (Å²) in [4.78, 5) is 0. The average Bonchev–Trinajstić information content (AvgIpc) is 3.09. The fourth-order valence-corrected chi connectivity index (χ4v) is 2.51. The van der Waals surface area contributed by atoms with Gasteiger partial charge in [-0.2, -0.15) is 13.2 Å². The van der Waals surface area contributed by atoms with E-state index in [0.29, 0.717) is 5.56 Å². The molecule has 7 heteroatoms. The first-order chi connectivity index (χ1) is 10.9. The molecule has 0 aromatic heterocycles. The van der Waals surface area contributed by atoms with Gasteiger partial charge in [0.1, 0.15) is 0 Å². The number of ether oxygens (including phenoxy) is 2. The Hall–Kier alpha value is -1.93. The van der Waals surface area contributed by atoms with E-state index in [-0.39, 0.29) is 12.7 Å². The standard InChI is InChI=1S/C9H10O2.C8H8F3N.H3N/c1-10-9(11-2)7-3-4-8(9)6-5-7;9-8(10,11)7-3-1-2-6(4-7)5-12;/h3-6H,1-2H3;1-4H,5,12H2;1H3. The molecule has 2 aliphatic rings. The van der Waals surface area contributed by atoms with Crippen LogP contribution in [0.5, 0.6) is 0 Å². The van der Waals surface area contributed by atoms with Gasteiger partial charge in [-0.25, -0.2) is 0 Å². The zero-order valence-electron chi connectivity index (χ0n) is 13.6. The lowest BCUT2D eigenvalue weighted by Crippen LogP contribution is -2.32. The molecule has 0 saturated carbocycles. The van der Waals surface area contributed by atoms with Gasteiger partial charge in [-0.05, 0) is 11.6 Å². The largest absolute Gasteiger partial charge is 0.416 e. The lowest BCUT2D eigenvalue weighted by atomic mass is 10.1. The first-order valence-corrected chi connectivity index (χ1v) is 6.95. The number of nitrogens with two attached hydrogens (primary N) is 1. The zero-order valence-corrected chi connectivity index (χ0v) is 13.6. The molecule has 0 saturated heterocycles. The molecule has 1 aromatic carbocycles. The number of methoxy groups -OCH3 is 2. The second kappa shape index (κ2) is 7.76. The van der Waals surface area contributed by atoms with Crippen LogP contribution in [0.1, 0.15) is 11.1 Å². The van der Waals surface area contributed by atoms with E-state index < -0.39 is 17.5 Å². The lowest BCUT2D eigenvalue weighted by molar-refractivity contribution is -0.141. The molecule has 2 bridgehead atoms. The number of hydrogen-bond donors (Lipinski definition) is 2. The van der Waals surface area contributed by atoms with E-state index in [1.54, 1.807) is 20.3 Å². The topological polar surface area (TPSA) is 79.5 Å². The normalized spacial score (nSPS) is 16.8.